The summed E-state index contributed by atoms with van der Waals surface area (Å²) in [5.74, 6) is 0.547. The monoisotopic (exact) mass is 322 g/mol. The van der Waals surface area contributed by atoms with Crippen LogP contribution in [0.15, 0.2) is 24.3 Å². The maximum absolute atomic E-state index is 12.5. The molecule has 1 atom stereocenters. The Morgan fingerprint density at radius 2 is 1.86 bits per heavy atom. The van der Waals surface area contributed by atoms with E-state index in [-0.39, 0.29) is 5.91 Å². The molecule has 0 aromatic heterocycles. The second-order valence-electron chi connectivity index (χ2n) is 6.95. The summed E-state index contributed by atoms with van der Waals surface area (Å²) in [4.78, 5) is 15.0. The molecule has 1 saturated heterocycles. The number of amides is 1. The third-order valence-electron chi connectivity index (χ3n) is 4.51. The van der Waals surface area contributed by atoms with Crippen molar-refractivity contribution in [2.45, 2.75) is 39.0 Å². The first-order chi connectivity index (χ1) is 10.4. The van der Waals surface area contributed by atoms with Gasteiger partial charge in [-0.05, 0) is 63.4 Å². The van der Waals surface area contributed by atoms with E-state index in [0.29, 0.717) is 10.9 Å². The Kier molecular flexibility index (Phi) is 5.87. The number of likely N-dealkylation sites (tertiary alicyclic amines) is 1. The SMILES string of the molecule is CC(CNC(=O)C(C)(C)c1ccc(Cl)cc1)CN1CCCC1. The van der Waals surface area contributed by atoms with E-state index in [1.54, 1.807) is 0 Å². The number of carbonyl (C=O) groups excluding carboxylic acids is 1. The van der Waals surface area contributed by atoms with Crippen molar-refractivity contribution in [3.8, 4) is 0 Å². The number of benzene rings is 1. The van der Waals surface area contributed by atoms with Gasteiger partial charge in [-0.25, -0.2) is 0 Å². The van der Waals surface area contributed by atoms with E-state index in [2.05, 4.69) is 17.1 Å². The minimum atomic E-state index is -0.544. The van der Waals surface area contributed by atoms with E-state index in [0.717, 1.165) is 18.7 Å². The Hall–Kier alpha value is -1.06. The molecule has 0 saturated carbocycles. The number of hydrogen-bond donors (Lipinski definition) is 1. The lowest BCUT2D eigenvalue weighted by Crippen LogP contribution is -2.43. The van der Waals surface area contributed by atoms with Crippen LogP contribution in [-0.2, 0) is 10.2 Å². The van der Waals surface area contributed by atoms with Crippen molar-refractivity contribution in [2.24, 2.45) is 5.92 Å². The Morgan fingerprint density at radius 3 is 2.45 bits per heavy atom. The highest BCUT2D eigenvalue weighted by Crippen LogP contribution is 2.25. The smallest absolute Gasteiger partial charge is 0.230 e. The van der Waals surface area contributed by atoms with Gasteiger partial charge in [-0.3, -0.25) is 4.79 Å². The van der Waals surface area contributed by atoms with Crippen LogP contribution in [-0.4, -0.2) is 37.0 Å². The van der Waals surface area contributed by atoms with Gasteiger partial charge in [0.05, 0.1) is 5.41 Å². The summed E-state index contributed by atoms with van der Waals surface area (Å²) in [6.07, 6.45) is 2.62. The summed E-state index contributed by atoms with van der Waals surface area (Å²) in [5, 5.41) is 3.80. The van der Waals surface area contributed by atoms with Crippen LogP contribution in [0.2, 0.25) is 5.02 Å². The first kappa shape index (κ1) is 17.3. The molecule has 0 bridgehead atoms. The first-order valence-corrected chi connectivity index (χ1v) is 8.54. The Labute approximate surface area is 139 Å². The molecule has 1 aliphatic rings. The van der Waals surface area contributed by atoms with Gasteiger partial charge in [0.2, 0.25) is 5.91 Å². The zero-order chi connectivity index (χ0) is 16.2. The molecule has 3 nitrogen and oxygen atoms in total. The fourth-order valence-corrected chi connectivity index (χ4v) is 3.08. The zero-order valence-corrected chi connectivity index (χ0v) is 14.6. The highest BCUT2D eigenvalue weighted by atomic mass is 35.5. The van der Waals surface area contributed by atoms with Crippen LogP contribution in [0.1, 0.15) is 39.2 Å². The lowest BCUT2D eigenvalue weighted by Gasteiger charge is -2.26. The molecule has 22 heavy (non-hydrogen) atoms. The van der Waals surface area contributed by atoms with E-state index in [9.17, 15) is 4.79 Å². The van der Waals surface area contributed by atoms with E-state index >= 15 is 0 Å². The molecule has 1 aliphatic heterocycles. The van der Waals surface area contributed by atoms with Crippen molar-refractivity contribution in [3.05, 3.63) is 34.9 Å². The summed E-state index contributed by atoms with van der Waals surface area (Å²) < 4.78 is 0. The number of halogens is 1. The molecule has 1 unspecified atom stereocenters. The van der Waals surface area contributed by atoms with Gasteiger partial charge < -0.3 is 10.2 Å². The summed E-state index contributed by atoms with van der Waals surface area (Å²) in [6, 6.07) is 7.52. The van der Waals surface area contributed by atoms with Crippen molar-refractivity contribution in [3.63, 3.8) is 0 Å². The van der Waals surface area contributed by atoms with Gasteiger partial charge in [0, 0.05) is 18.1 Å². The van der Waals surface area contributed by atoms with Crippen LogP contribution < -0.4 is 5.32 Å². The van der Waals surface area contributed by atoms with Gasteiger partial charge in [0.25, 0.3) is 0 Å². The van der Waals surface area contributed by atoms with Crippen molar-refractivity contribution < 1.29 is 4.79 Å². The molecule has 1 aromatic rings. The molecule has 0 aliphatic carbocycles. The second-order valence-corrected chi connectivity index (χ2v) is 7.39. The number of nitrogens with one attached hydrogen (secondary N) is 1. The highest BCUT2D eigenvalue weighted by Gasteiger charge is 2.29. The van der Waals surface area contributed by atoms with Gasteiger partial charge >= 0.3 is 0 Å². The van der Waals surface area contributed by atoms with Crippen LogP contribution >= 0.6 is 11.6 Å². The topological polar surface area (TPSA) is 32.3 Å². The molecular weight excluding hydrogens is 296 g/mol. The molecule has 2 rings (SSSR count). The largest absolute Gasteiger partial charge is 0.355 e. The Morgan fingerprint density at radius 1 is 1.27 bits per heavy atom. The third-order valence-corrected chi connectivity index (χ3v) is 4.77. The summed E-state index contributed by atoms with van der Waals surface area (Å²) in [7, 11) is 0. The number of hydrogen-bond acceptors (Lipinski definition) is 2. The maximum Gasteiger partial charge on any atom is 0.230 e. The molecule has 122 valence electrons. The Balaban J connectivity index is 1.85. The Bertz CT molecular complexity index is 492. The highest BCUT2D eigenvalue weighted by molar-refractivity contribution is 6.30. The maximum atomic E-state index is 12.5. The molecule has 1 amide bonds. The van der Waals surface area contributed by atoms with Gasteiger partial charge in [0.15, 0.2) is 0 Å². The van der Waals surface area contributed by atoms with E-state index in [1.807, 2.05) is 38.1 Å². The average Bonchev–Trinajstić information content (AvgIpc) is 2.98. The van der Waals surface area contributed by atoms with Crippen LogP contribution in [0.4, 0.5) is 0 Å². The lowest BCUT2D eigenvalue weighted by atomic mass is 9.83. The molecule has 1 aromatic carbocycles. The zero-order valence-electron chi connectivity index (χ0n) is 13.9. The normalized spacial score (nSPS) is 17.5. The van der Waals surface area contributed by atoms with Crippen molar-refractivity contribution in [2.75, 3.05) is 26.2 Å². The molecule has 1 fully saturated rings. The van der Waals surface area contributed by atoms with E-state index < -0.39 is 5.41 Å². The number of rotatable bonds is 6. The molecular formula is C18H27ClN2O. The van der Waals surface area contributed by atoms with Crippen LogP contribution in [0.3, 0.4) is 0 Å². The van der Waals surface area contributed by atoms with Crippen molar-refractivity contribution in [1.29, 1.82) is 0 Å². The predicted molar refractivity (Wildman–Crippen MR) is 92.3 cm³/mol. The van der Waals surface area contributed by atoms with Crippen molar-refractivity contribution in [1.82, 2.24) is 10.2 Å². The number of nitrogens with zero attached hydrogens (tertiary/aromatic N) is 1. The van der Waals surface area contributed by atoms with Gasteiger partial charge in [0.1, 0.15) is 0 Å². The number of carbonyl (C=O) groups is 1. The molecule has 0 spiro atoms. The van der Waals surface area contributed by atoms with Crippen LogP contribution in [0.25, 0.3) is 0 Å². The van der Waals surface area contributed by atoms with Crippen LogP contribution in [0.5, 0.6) is 0 Å². The van der Waals surface area contributed by atoms with Gasteiger partial charge in [-0.1, -0.05) is 30.7 Å². The summed E-state index contributed by atoms with van der Waals surface area (Å²) in [5.41, 5.74) is 0.444. The fraction of sp³-hybridized carbons (Fsp3) is 0.611. The van der Waals surface area contributed by atoms with Crippen LogP contribution in [0, 0.1) is 5.92 Å². The predicted octanol–water partition coefficient (Wildman–Crippen LogP) is 3.47. The lowest BCUT2D eigenvalue weighted by molar-refractivity contribution is -0.125. The average molecular weight is 323 g/mol. The van der Waals surface area contributed by atoms with E-state index in [1.165, 1.54) is 25.9 Å². The molecule has 1 heterocycles. The standard InChI is InChI=1S/C18H27ClN2O/c1-14(13-21-10-4-5-11-21)12-20-17(22)18(2,3)15-6-8-16(19)9-7-15/h6-9,14H,4-5,10-13H2,1-3H3,(H,20,22). The van der Waals surface area contributed by atoms with Gasteiger partial charge in [-0.15, -0.1) is 0 Å². The molecule has 0 radical (unpaired) electrons. The van der Waals surface area contributed by atoms with E-state index in [4.69, 9.17) is 11.6 Å². The van der Waals surface area contributed by atoms with Gasteiger partial charge in [-0.2, -0.15) is 0 Å². The fourth-order valence-electron chi connectivity index (χ4n) is 2.96. The second kappa shape index (κ2) is 7.47. The summed E-state index contributed by atoms with van der Waals surface area (Å²) in [6.45, 7) is 10.3. The first-order valence-electron chi connectivity index (χ1n) is 8.16. The minimum absolute atomic E-state index is 0.0723. The van der Waals surface area contributed by atoms with Crippen molar-refractivity contribution >= 4 is 17.5 Å². The quantitative estimate of drug-likeness (QED) is 0.869. The molecule has 4 heteroatoms. The molecule has 1 N–H and O–H groups in total. The summed E-state index contributed by atoms with van der Waals surface area (Å²) >= 11 is 5.92. The third kappa shape index (κ3) is 4.47. The minimum Gasteiger partial charge on any atom is -0.355 e.